The van der Waals surface area contributed by atoms with Gasteiger partial charge in [-0.25, -0.2) is 27.3 Å². The fourth-order valence-corrected chi connectivity index (χ4v) is 5.01. The highest BCUT2D eigenvalue weighted by Crippen LogP contribution is 2.24. The SMILES string of the molecule is O=c1[nH]nc(CC2CCN(S(=O)(=O)C=Cc3ccccc3)CC2)n1-c1ccccc1F. The van der Waals surface area contributed by atoms with Gasteiger partial charge in [0.15, 0.2) is 0 Å². The summed E-state index contributed by atoms with van der Waals surface area (Å²) in [7, 11) is -3.50. The van der Waals surface area contributed by atoms with Crippen molar-refractivity contribution in [3.8, 4) is 5.69 Å². The molecule has 1 fully saturated rings. The van der Waals surface area contributed by atoms with E-state index in [9.17, 15) is 17.6 Å². The first kappa shape index (κ1) is 21.2. The summed E-state index contributed by atoms with van der Waals surface area (Å²) in [4.78, 5) is 12.2. The molecule has 2 aromatic carbocycles. The maximum absolute atomic E-state index is 14.2. The third kappa shape index (κ3) is 4.83. The topological polar surface area (TPSA) is 88.1 Å². The van der Waals surface area contributed by atoms with Gasteiger partial charge in [-0.15, -0.1) is 0 Å². The molecule has 0 saturated carbocycles. The molecular weight excluding hydrogens is 419 g/mol. The number of aromatic amines is 1. The van der Waals surface area contributed by atoms with Gasteiger partial charge in [-0.2, -0.15) is 9.40 Å². The first-order valence-corrected chi connectivity index (χ1v) is 11.6. The van der Waals surface area contributed by atoms with Crippen molar-refractivity contribution in [2.45, 2.75) is 19.3 Å². The summed E-state index contributed by atoms with van der Waals surface area (Å²) in [5.41, 5.74) is 0.485. The van der Waals surface area contributed by atoms with Gasteiger partial charge >= 0.3 is 5.69 Å². The summed E-state index contributed by atoms with van der Waals surface area (Å²) in [6.45, 7) is 0.779. The average molecular weight is 443 g/mol. The second-order valence-corrected chi connectivity index (χ2v) is 9.36. The highest BCUT2D eigenvalue weighted by Gasteiger charge is 2.28. The summed E-state index contributed by atoms with van der Waals surface area (Å²) in [6, 6.07) is 15.3. The van der Waals surface area contributed by atoms with Crippen LogP contribution in [0.5, 0.6) is 0 Å². The van der Waals surface area contributed by atoms with E-state index in [2.05, 4.69) is 10.2 Å². The molecule has 1 N–H and O–H groups in total. The third-order valence-electron chi connectivity index (χ3n) is 5.47. The molecule has 1 aromatic heterocycles. The summed E-state index contributed by atoms with van der Waals surface area (Å²) in [5, 5.41) is 7.71. The van der Waals surface area contributed by atoms with Crippen molar-refractivity contribution in [1.29, 1.82) is 0 Å². The molecule has 0 bridgehead atoms. The van der Waals surface area contributed by atoms with Crippen LogP contribution in [0.15, 0.2) is 64.8 Å². The second-order valence-electron chi connectivity index (χ2n) is 7.54. The predicted octanol–water partition coefficient (Wildman–Crippen LogP) is 2.95. The Bertz CT molecular complexity index is 1230. The number of nitrogens with one attached hydrogen (secondary N) is 1. The highest BCUT2D eigenvalue weighted by atomic mass is 32.2. The van der Waals surface area contributed by atoms with Gasteiger partial charge in [0.2, 0.25) is 10.0 Å². The number of rotatable bonds is 6. The molecule has 0 radical (unpaired) electrons. The quantitative estimate of drug-likeness (QED) is 0.636. The number of sulfonamides is 1. The molecule has 0 amide bonds. The summed E-state index contributed by atoms with van der Waals surface area (Å²) in [6.07, 6.45) is 3.33. The Morgan fingerprint density at radius 1 is 1.06 bits per heavy atom. The number of piperidine rings is 1. The largest absolute Gasteiger partial charge is 0.348 e. The Morgan fingerprint density at radius 2 is 1.74 bits per heavy atom. The lowest BCUT2D eigenvalue weighted by Gasteiger charge is -2.30. The normalized spacial score (nSPS) is 16.2. The van der Waals surface area contributed by atoms with Crippen molar-refractivity contribution in [3.05, 3.63) is 87.7 Å². The number of para-hydroxylation sites is 1. The highest BCUT2D eigenvalue weighted by molar-refractivity contribution is 7.92. The van der Waals surface area contributed by atoms with Crippen molar-refractivity contribution >= 4 is 16.1 Å². The number of H-pyrrole nitrogens is 1. The lowest BCUT2D eigenvalue weighted by Crippen LogP contribution is -2.38. The second kappa shape index (κ2) is 8.99. The van der Waals surface area contributed by atoms with Crippen LogP contribution in [0.25, 0.3) is 11.8 Å². The van der Waals surface area contributed by atoms with Gasteiger partial charge in [0.1, 0.15) is 11.6 Å². The van der Waals surface area contributed by atoms with Crippen LogP contribution in [0, 0.1) is 11.7 Å². The molecule has 0 aliphatic carbocycles. The summed E-state index contributed by atoms with van der Waals surface area (Å²) >= 11 is 0. The van der Waals surface area contributed by atoms with Gasteiger partial charge in [-0.3, -0.25) is 0 Å². The van der Waals surface area contributed by atoms with Crippen LogP contribution < -0.4 is 5.69 Å². The van der Waals surface area contributed by atoms with Crippen molar-refractivity contribution in [2.75, 3.05) is 13.1 Å². The van der Waals surface area contributed by atoms with E-state index in [-0.39, 0.29) is 11.6 Å². The molecule has 31 heavy (non-hydrogen) atoms. The van der Waals surface area contributed by atoms with Gasteiger partial charge in [-0.1, -0.05) is 42.5 Å². The van der Waals surface area contributed by atoms with Gasteiger partial charge in [0.05, 0.1) is 5.69 Å². The van der Waals surface area contributed by atoms with Crippen LogP contribution in [0.1, 0.15) is 24.2 Å². The van der Waals surface area contributed by atoms with Crippen LogP contribution in [-0.2, 0) is 16.4 Å². The van der Waals surface area contributed by atoms with Crippen molar-refractivity contribution < 1.29 is 12.8 Å². The van der Waals surface area contributed by atoms with E-state index in [1.165, 1.54) is 26.4 Å². The minimum atomic E-state index is -3.50. The number of nitrogens with zero attached hydrogens (tertiary/aromatic N) is 3. The molecule has 9 heteroatoms. The Labute approximate surface area is 179 Å². The maximum Gasteiger partial charge on any atom is 0.348 e. The van der Waals surface area contributed by atoms with E-state index in [4.69, 9.17) is 0 Å². The first-order chi connectivity index (χ1) is 14.9. The molecule has 0 spiro atoms. The van der Waals surface area contributed by atoms with E-state index in [1.807, 2.05) is 30.3 Å². The fourth-order valence-electron chi connectivity index (χ4n) is 3.79. The van der Waals surface area contributed by atoms with Crippen molar-refractivity contribution in [1.82, 2.24) is 19.1 Å². The molecular formula is C22H23FN4O3S. The molecule has 1 aliphatic heterocycles. The Balaban J connectivity index is 1.42. The van der Waals surface area contributed by atoms with Crippen LogP contribution in [-0.4, -0.2) is 40.6 Å². The van der Waals surface area contributed by atoms with Crippen LogP contribution in [0.2, 0.25) is 0 Å². The van der Waals surface area contributed by atoms with E-state index in [1.54, 1.807) is 18.2 Å². The Hall–Kier alpha value is -3.04. The van der Waals surface area contributed by atoms with E-state index < -0.39 is 21.5 Å². The van der Waals surface area contributed by atoms with Gasteiger partial charge in [0, 0.05) is 24.9 Å². The monoisotopic (exact) mass is 442 g/mol. The molecule has 2 heterocycles. The number of halogens is 1. The predicted molar refractivity (Wildman–Crippen MR) is 117 cm³/mol. The van der Waals surface area contributed by atoms with E-state index >= 15 is 0 Å². The van der Waals surface area contributed by atoms with Crippen LogP contribution in [0.3, 0.4) is 0 Å². The lowest BCUT2D eigenvalue weighted by atomic mass is 9.94. The van der Waals surface area contributed by atoms with Gasteiger partial charge in [-0.05, 0) is 42.5 Å². The minimum absolute atomic E-state index is 0.144. The lowest BCUT2D eigenvalue weighted by molar-refractivity contribution is 0.272. The maximum atomic E-state index is 14.2. The third-order valence-corrected chi connectivity index (χ3v) is 7.04. The van der Waals surface area contributed by atoms with Crippen LogP contribution in [0.4, 0.5) is 4.39 Å². The Morgan fingerprint density at radius 3 is 2.45 bits per heavy atom. The molecule has 4 rings (SSSR count). The zero-order valence-corrected chi connectivity index (χ0v) is 17.6. The summed E-state index contributed by atoms with van der Waals surface area (Å²) in [5.74, 6) is 0.0871. The molecule has 1 saturated heterocycles. The number of hydrogen-bond donors (Lipinski definition) is 1. The molecule has 0 unspecified atom stereocenters. The number of benzene rings is 2. The molecule has 3 aromatic rings. The average Bonchev–Trinajstić information content (AvgIpc) is 3.13. The summed E-state index contributed by atoms with van der Waals surface area (Å²) < 4.78 is 42.2. The van der Waals surface area contributed by atoms with Crippen molar-refractivity contribution in [3.63, 3.8) is 0 Å². The first-order valence-electron chi connectivity index (χ1n) is 10.1. The van der Waals surface area contributed by atoms with Gasteiger partial charge < -0.3 is 0 Å². The zero-order chi connectivity index (χ0) is 21.8. The zero-order valence-electron chi connectivity index (χ0n) is 16.8. The Kier molecular flexibility index (Phi) is 6.15. The van der Waals surface area contributed by atoms with E-state index in [0.717, 1.165) is 5.56 Å². The van der Waals surface area contributed by atoms with Crippen molar-refractivity contribution in [2.24, 2.45) is 5.92 Å². The molecule has 162 valence electrons. The molecule has 1 aliphatic rings. The fraction of sp³-hybridized carbons (Fsp3) is 0.273. The standard InChI is InChI=1S/C22H23FN4O3S/c23-19-8-4-5-9-20(19)27-21(24-25-22(27)28)16-18-10-13-26(14-11-18)31(29,30)15-12-17-6-2-1-3-7-17/h1-9,12,15,18H,10-11,13-14,16H2,(H,25,28). The molecule has 0 atom stereocenters. The van der Waals surface area contributed by atoms with Gasteiger partial charge in [0.25, 0.3) is 0 Å². The minimum Gasteiger partial charge on any atom is -0.246 e. The number of aromatic nitrogens is 3. The van der Waals surface area contributed by atoms with E-state index in [0.29, 0.717) is 38.2 Å². The number of hydrogen-bond acceptors (Lipinski definition) is 4. The smallest absolute Gasteiger partial charge is 0.246 e. The van der Waals surface area contributed by atoms with Crippen LogP contribution >= 0.6 is 0 Å². The molecule has 7 nitrogen and oxygen atoms in total.